The highest BCUT2D eigenvalue weighted by atomic mass is 32.2. The fourth-order valence-electron chi connectivity index (χ4n) is 3.37. The molecule has 27 heavy (non-hydrogen) atoms. The van der Waals surface area contributed by atoms with Gasteiger partial charge in [0.05, 0.1) is 11.4 Å². The maximum atomic E-state index is 12.5. The highest BCUT2D eigenvalue weighted by Gasteiger charge is 2.27. The largest absolute Gasteiger partial charge is 0.325 e. The second-order valence-electron chi connectivity index (χ2n) is 6.90. The lowest BCUT2D eigenvalue weighted by molar-refractivity contribution is -0.117. The summed E-state index contributed by atoms with van der Waals surface area (Å²) in [6, 6.07) is 16.8. The average molecular weight is 388 g/mol. The lowest BCUT2D eigenvalue weighted by Gasteiger charge is -2.24. The zero-order chi connectivity index (χ0) is 19.4. The summed E-state index contributed by atoms with van der Waals surface area (Å²) in [4.78, 5) is 14.8. The fraction of sp³-hybridized carbons (Fsp3) is 0.350. The van der Waals surface area contributed by atoms with Gasteiger partial charge < -0.3 is 5.32 Å². The minimum Gasteiger partial charge on any atom is -0.325 e. The van der Waals surface area contributed by atoms with Crippen LogP contribution in [-0.4, -0.2) is 50.7 Å². The van der Waals surface area contributed by atoms with Gasteiger partial charge in [-0.25, -0.2) is 12.7 Å². The van der Waals surface area contributed by atoms with Crippen molar-refractivity contribution in [3.05, 3.63) is 60.2 Å². The third-order valence-electron chi connectivity index (χ3n) is 4.81. The van der Waals surface area contributed by atoms with Crippen LogP contribution in [0, 0.1) is 0 Å². The number of sulfonamides is 1. The number of carbonyl (C=O) groups excluding carboxylic acids is 1. The Morgan fingerprint density at radius 1 is 1.11 bits per heavy atom. The van der Waals surface area contributed by atoms with Gasteiger partial charge in [0.1, 0.15) is 0 Å². The van der Waals surface area contributed by atoms with Crippen LogP contribution >= 0.6 is 0 Å². The van der Waals surface area contributed by atoms with Crippen molar-refractivity contribution in [1.82, 2.24) is 9.21 Å². The van der Waals surface area contributed by atoms with Crippen molar-refractivity contribution in [2.24, 2.45) is 0 Å². The van der Waals surface area contributed by atoms with E-state index in [0.29, 0.717) is 12.2 Å². The molecule has 1 aliphatic heterocycles. The molecule has 7 heteroatoms. The van der Waals surface area contributed by atoms with Gasteiger partial charge in [0, 0.05) is 25.8 Å². The maximum Gasteiger partial charge on any atom is 0.242 e. The van der Waals surface area contributed by atoms with Crippen LogP contribution in [0.1, 0.15) is 24.4 Å². The van der Waals surface area contributed by atoms with Gasteiger partial charge in [0.15, 0.2) is 0 Å². The first-order chi connectivity index (χ1) is 12.9. The van der Waals surface area contributed by atoms with E-state index in [1.165, 1.54) is 31.8 Å². The van der Waals surface area contributed by atoms with Gasteiger partial charge in [-0.2, -0.15) is 0 Å². The minimum absolute atomic E-state index is 0.0963. The van der Waals surface area contributed by atoms with Crippen LogP contribution in [0.2, 0.25) is 0 Å². The summed E-state index contributed by atoms with van der Waals surface area (Å²) >= 11 is 0. The Morgan fingerprint density at radius 2 is 1.78 bits per heavy atom. The van der Waals surface area contributed by atoms with Crippen molar-refractivity contribution in [2.75, 3.05) is 32.5 Å². The first kappa shape index (κ1) is 19.5. The summed E-state index contributed by atoms with van der Waals surface area (Å²) in [6.07, 6.45) is 2.12. The number of carbonyl (C=O) groups is 1. The monoisotopic (exact) mass is 387 g/mol. The summed E-state index contributed by atoms with van der Waals surface area (Å²) in [5, 5.41) is 2.86. The van der Waals surface area contributed by atoms with E-state index < -0.39 is 10.0 Å². The Morgan fingerprint density at radius 3 is 2.41 bits per heavy atom. The molecule has 1 aliphatic rings. The highest BCUT2D eigenvalue weighted by Crippen LogP contribution is 2.31. The lowest BCUT2D eigenvalue weighted by Crippen LogP contribution is -2.32. The smallest absolute Gasteiger partial charge is 0.242 e. The number of likely N-dealkylation sites (tertiary alicyclic amines) is 1. The molecule has 0 spiro atoms. The zero-order valence-electron chi connectivity index (χ0n) is 15.6. The molecule has 0 bridgehead atoms. The summed E-state index contributed by atoms with van der Waals surface area (Å²) in [5.41, 5.74) is 1.83. The fourth-order valence-corrected chi connectivity index (χ4v) is 4.28. The number of nitrogens with zero attached hydrogens (tertiary/aromatic N) is 2. The number of hydrogen-bond acceptors (Lipinski definition) is 4. The maximum absolute atomic E-state index is 12.5. The van der Waals surface area contributed by atoms with Crippen molar-refractivity contribution in [3.8, 4) is 0 Å². The molecule has 1 fully saturated rings. The molecule has 144 valence electrons. The van der Waals surface area contributed by atoms with Gasteiger partial charge in [-0.05, 0) is 49.2 Å². The number of rotatable bonds is 6. The normalized spacial score (nSPS) is 18.0. The summed E-state index contributed by atoms with van der Waals surface area (Å²) in [6.45, 7) is 1.21. The molecule has 3 rings (SSSR count). The molecule has 0 aliphatic carbocycles. The van der Waals surface area contributed by atoms with Gasteiger partial charge in [-0.1, -0.05) is 30.3 Å². The molecule has 1 unspecified atom stereocenters. The van der Waals surface area contributed by atoms with Crippen LogP contribution in [0.3, 0.4) is 0 Å². The summed E-state index contributed by atoms with van der Waals surface area (Å²) in [5.74, 6) is -0.0963. The second-order valence-corrected chi connectivity index (χ2v) is 9.05. The van der Waals surface area contributed by atoms with Gasteiger partial charge in [0.25, 0.3) is 0 Å². The number of amides is 1. The van der Waals surface area contributed by atoms with Crippen LogP contribution in [0.25, 0.3) is 0 Å². The molecule has 0 radical (unpaired) electrons. The van der Waals surface area contributed by atoms with Crippen LogP contribution in [-0.2, 0) is 14.8 Å². The number of anilines is 1. The first-order valence-corrected chi connectivity index (χ1v) is 10.4. The molecule has 1 atom stereocenters. The molecule has 2 aromatic carbocycles. The van der Waals surface area contributed by atoms with Crippen molar-refractivity contribution in [2.45, 2.75) is 23.8 Å². The van der Waals surface area contributed by atoms with Crippen LogP contribution in [0.5, 0.6) is 0 Å². The predicted molar refractivity (Wildman–Crippen MR) is 106 cm³/mol. The molecular weight excluding hydrogens is 362 g/mol. The molecule has 1 saturated heterocycles. The molecule has 2 aromatic rings. The Balaban J connectivity index is 1.62. The quantitative estimate of drug-likeness (QED) is 0.827. The topological polar surface area (TPSA) is 69.7 Å². The summed E-state index contributed by atoms with van der Waals surface area (Å²) < 4.78 is 25.4. The minimum atomic E-state index is -3.47. The van der Waals surface area contributed by atoms with Gasteiger partial charge in [-0.3, -0.25) is 9.69 Å². The summed E-state index contributed by atoms with van der Waals surface area (Å²) in [7, 11) is -0.486. The van der Waals surface area contributed by atoms with Crippen LogP contribution in [0.15, 0.2) is 59.5 Å². The van der Waals surface area contributed by atoms with E-state index in [4.69, 9.17) is 0 Å². The predicted octanol–water partition coefficient (Wildman–Crippen LogP) is 2.71. The Hall–Kier alpha value is -2.22. The molecule has 6 nitrogen and oxygen atoms in total. The van der Waals surface area contributed by atoms with E-state index in [-0.39, 0.29) is 16.8 Å². The van der Waals surface area contributed by atoms with Crippen LogP contribution in [0.4, 0.5) is 5.69 Å². The Labute approximate surface area is 160 Å². The van der Waals surface area contributed by atoms with E-state index >= 15 is 0 Å². The van der Waals surface area contributed by atoms with E-state index in [2.05, 4.69) is 22.3 Å². The third-order valence-corrected chi connectivity index (χ3v) is 6.64. The first-order valence-electron chi connectivity index (χ1n) is 8.99. The molecule has 1 amide bonds. The Kier molecular flexibility index (Phi) is 5.94. The molecule has 1 N–H and O–H groups in total. The van der Waals surface area contributed by atoms with Crippen LogP contribution < -0.4 is 5.32 Å². The Bertz CT molecular complexity index is 880. The SMILES string of the molecule is CN(C)S(=O)(=O)c1ccc(NC(=O)CN2CCCC2c2ccccc2)cc1. The molecular formula is C20H25N3O3S. The number of benzene rings is 2. The van der Waals surface area contributed by atoms with Crippen molar-refractivity contribution in [1.29, 1.82) is 0 Å². The second kappa shape index (κ2) is 8.21. The molecule has 0 saturated carbocycles. The molecule has 1 heterocycles. The third kappa shape index (κ3) is 4.55. The number of hydrogen-bond donors (Lipinski definition) is 1. The van der Waals surface area contributed by atoms with Crippen molar-refractivity contribution < 1.29 is 13.2 Å². The van der Waals surface area contributed by atoms with Gasteiger partial charge in [0.2, 0.25) is 15.9 Å². The number of nitrogens with one attached hydrogen (secondary N) is 1. The van der Waals surface area contributed by atoms with Crippen molar-refractivity contribution >= 4 is 21.6 Å². The van der Waals surface area contributed by atoms with Gasteiger partial charge in [-0.15, -0.1) is 0 Å². The van der Waals surface area contributed by atoms with Gasteiger partial charge >= 0.3 is 0 Å². The van der Waals surface area contributed by atoms with E-state index in [0.717, 1.165) is 23.7 Å². The van der Waals surface area contributed by atoms with E-state index in [9.17, 15) is 13.2 Å². The lowest BCUT2D eigenvalue weighted by atomic mass is 10.0. The highest BCUT2D eigenvalue weighted by molar-refractivity contribution is 7.89. The van der Waals surface area contributed by atoms with E-state index in [1.807, 2.05) is 18.2 Å². The standard InChI is InChI=1S/C20H25N3O3S/c1-22(2)27(25,26)18-12-10-17(11-13-18)21-20(24)15-23-14-6-9-19(23)16-7-4-3-5-8-16/h3-5,7-8,10-13,19H,6,9,14-15H2,1-2H3,(H,21,24). The molecule has 0 aromatic heterocycles. The van der Waals surface area contributed by atoms with E-state index in [1.54, 1.807) is 12.1 Å². The average Bonchev–Trinajstić information content (AvgIpc) is 3.10. The van der Waals surface area contributed by atoms with Crippen molar-refractivity contribution in [3.63, 3.8) is 0 Å². The zero-order valence-corrected chi connectivity index (χ0v) is 16.4.